The highest BCUT2D eigenvalue weighted by molar-refractivity contribution is 7.99. The van der Waals surface area contributed by atoms with Crippen molar-refractivity contribution in [1.29, 1.82) is 0 Å². The number of nitrogens with one attached hydrogen (secondary N) is 1. The van der Waals surface area contributed by atoms with E-state index in [4.69, 9.17) is 4.74 Å². The van der Waals surface area contributed by atoms with Crippen LogP contribution in [-0.4, -0.2) is 51.2 Å². The minimum Gasteiger partial charge on any atom is -0.370 e. The number of carbonyl (C=O) groups is 1. The van der Waals surface area contributed by atoms with E-state index in [2.05, 4.69) is 15.0 Å². The molecular weight excluding hydrogens is 328 g/mol. The number of morpholine rings is 1. The Morgan fingerprint density at radius 3 is 3.17 bits per heavy atom. The van der Waals surface area contributed by atoms with Gasteiger partial charge in [-0.1, -0.05) is 17.8 Å². The zero-order valence-corrected chi connectivity index (χ0v) is 14.1. The van der Waals surface area contributed by atoms with Crippen LogP contribution in [-0.2, 0) is 9.53 Å². The molecule has 1 N–H and O–H groups in total. The number of aryl methyl sites for hydroxylation is 1. The van der Waals surface area contributed by atoms with Crippen molar-refractivity contribution in [2.75, 3.05) is 25.4 Å². The Balaban J connectivity index is 1.59. The lowest BCUT2D eigenvalue weighted by atomic mass is 10.1. The number of aromatic amines is 1. The van der Waals surface area contributed by atoms with Gasteiger partial charge in [0.25, 0.3) is 5.56 Å². The largest absolute Gasteiger partial charge is 0.370 e. The molecule has 1 atom stereocenters. The van der Waals surface area contributed by atoms with Crippen molar-refractivity contribution in [2.45, 2.75) is 18.2 Å². The molecule has 0 radical (unpaired) electrons. The van der Waals surface area contributed by atoms with E-state index < -0.39 is 0 Å². The standard InChI is InChI=1S/C16H18N4O3S/c1-11-7-14(21)19-16(18-11)24-10-15(22)20-5-6-23-13(9-20)12-3-2-4-17-8-12/h2-4,7-8,13H,5-6,9-10H2,1H3,(H,18,19,21). The third-order valence-corrected chi connectivity index (χ3v) is 4.51. The number of amides is 1. The summed E-state index contributed by atoms with van der Waals surface area (Å²) in [6.45, 7) is 3.31. The fourth-order valence-electron chi connectivity index (χ4n) is 2.49. The number of H-pyrrole nitrogens is 1. The molecule has 1 aliphatic heterocycles. The molecule has 1 unspecified atom stereocenters. The van der Waals surface area contributed by atoms with Gasteiger partial charge in [0.2, 0.25) is 5.91 Å². The number of aromatic nitrogens is 3. The smallest absolute Gasteiger partial charge is 0.251 e. The van der Waals surface area contributed by atoms with E-state index in [1.807, 2.05) is 12.1 Å². The van der Waals surface area contributed by atoms with Crippen LogP contribution in [0.4, 0.5) is 0 Å². The van der Waals surface area contributed by atoms with Crippen LogP contribution in [0.15, 0.2) is 40.5 Å². The summed E-state index contributed by atoms with van der Waals surface area (Å²) in [5.74, 6) is 0.230. The van der Waals surface area contributed by atoms with Crippen LogP contribution in [0.5, 0.6) is 0 Å². The molecule has 0 bridgehead atoms. The monoisotopic (exact) mass is 346 g/mol. The molecule has 8 heteroatoms. The van der Waals surface area contributed by atoms with Gasteiger partial charge in [-0.05, 0) is 13.0 Å². The summed E-state index contributed by atoms with van der Waals surface area (Å²) in [6, 6.07) is 5.23. The molecule has 2 aromatic rings. The number of ether oxygens (including phenoxy) is 1. The highest BCUT2D eigenvalue weighted by atomic mass is 32.2. The lowest BCUT2D eigenvalue weighted by Gasteiger charge is -2.33. The highest BCUT2D eigenvalue weighted by Gasteiger charge is 2.25. The van der Waals surface area contributed by atoms with Crippen LogP contribution >= 0.6 is 11.8 Å². The number of hydrogen-bond donors (Lipinski definition) is 1. The Hall–Kier alpha value is -2.19. The lowest BCUT2D eigenvalue weighted by molar-refractivity contribution is -0.136. The number of nitrogens with zero attached hydrogens (tertiary/aromatic N) is 3. The van der Waals surface area contributed by atoms with Gasteiger partial charge < -0.3 is 14.6 Å². The van der Waals surface area contributed by atoms with E-state index in [1.54, 1.807) is 24.2 Å². The van der Waals surface area contributed by atoms with Crippen LogP contribution < -0.4 is 5.56 Å². The van der Waals surface area contributed by atoms with Crippen molar-refractivity contribution in [3.63, 3.8) is 0 Å². The fourth-order valence-corrected chi connectivity index (χ4v) is 3.31. The molecule has 1 amide bonds. The summed E-state index contributed by atoms with van der Waals surface area (Å²) in [5, 5.41) is 0.463. The van der Waals surface area contributed by atoms with Crippen LogP contribution in [0.25, 0.3) is 0 Å². The van der Waals surface area contributed by atoms with Crippen molar-refractivity contribution in [3.05, 3.63) is 52.2 Å². The van der Waals surface area contributed by atoms with E-state index >= 15 is 0 Å². The summed E-state index contributed by atoms with van der Waals surface area (Å²) in [4.78, 5) is 36.6. The molecule has 3 heterocycles. The first kappa shape index (κ1) is 16.7. The van der Waals surface area contributed by atoms with Crippen molar-refractivity contribution in [1.82, 2.24) is 19.9 Å². The molecule has 1 saturated heterocycles. The van der Waals surface area contributed by atoms with Gasteiger partial charge >= 0.3 is 0 Å². The molecule has 0 saturated carbocycles. The van der Waals surface area contributed by atoms with Crippen LogP contribution in [0.2, 0.25) is 0 Å². The Labute approximate surface area is 143 Å². The van der Waals surface area contributed by atoms with Crippen molar-refractivity contribution in [2.24, 2.45) is 0 Å². The maximum Gasteiger partial charge on any atom is 0.251 e. The Morgan fingerprint density at radius 1 is 1.54 bits per heavy atom. The molecule has 7 nitrogen and oxygen atoms in total. The topological polar surface area (TPSA) is 88.2 Å². The highest BCUT2D eigenvalue weighted by Crippen LogP contribution is 2.22. The molecule has 24 heavy (non-hydrogen) atoms. The molecule has 0 aromatic carbocycles. The zero-order chi connectivity index (χ0) is 16.9. The summed E-state index contributed by atoms with van der Waals surface area (Å²) in [7, 11) is 0. The van der Waals surface area contributed by atoms with Crippen LogP contribution in [0.1, 0.15) is 17.4 Å². The van der Waals surface area contributed by atoms with Gasteiger partial charge in [-0.3, -0.25) is 14.6 Å². The van der Waals surface area contributed by atoms with Gasteiger partial charge in [0.05, 0.1) is 18.9 Å². The third kappa shape index (κ3) is 4.21. The summed E-state index contributed by atoms with van der Waals surface area (Å²) < 4.78 is 5.74. The Morgan fingerprint density at radius 2 is 2.42 bits per heavy atom. The van der Waals surface area contributed by atoms with E-state index in [9.17, 15) is 9.59 Å². The third-order valence-electron chi connectivity index (χ3n) is 3.66. The number of carbonyl (C=O) groups excluding carboxylic acids is 1. The first-order valence-electron chi connectivity index (χ1n) is 7.62. The van der Waals surface area contributed by atoms with Crippen molar-refractivity contribution >= 4 is 17.7 Å². The van der Waals surface area contributed by atoms with Gasteiger partial charge in [0, 0.05) is 36.3 Å². The normalized spacial score (nSPS) is 17.7. The van der Waals surface area contributed by atoms with Crippen molar-refractivity contribution < 1.29 is 9.53 Å². The quantitative estimate of drug-likeness (QED) is 0.660. The van der Waals surface area contributed by atoms with E-state index in [-0.39, 0.29) is 23.3 Å². The summed E-state index contributed by atoms with van der Waals surface area (Å²) >= 11 is 1.24. The second kappa shape index (κ2) is 7.59. The fraction of sp³-hybridized carbons (Fsp3) is 0.375. The summed E-state index contributed by atoms with van der Waals surface area (Å²) in [5.41, 5.74) is 1.39. The molecular formula is C16H18N4O3S. The Kier molecular flexibility index (Phi) is 5.27. The predicted octanol–water partition coefficient (Wildman–Crippen LogP) is 1.17. The molecule has 2 aromatic heterocycles. The Bertz CT molecular complexity index is 765. The van der Waals surface area contributed by atoms with Crippen LogP contribution in [0, 0.1) is 6.92 Å². The number of pyridine rings is 1. The SMILES string of the molecule is Cc1cc(=O)[nH]c(SCC(=O)N2CCOC(c3cccnc3)C2)n1. The minimum atomic E-state index is -0.208. The molecule has 1 aliphatic rings. The minimum absolute atomic E-state index is 0.00125. The molecule has 3 rings (SSSR count). The molecule has 0 aliphatic carbocycles. The average Bonchev–Trinajstić information content (AvgIpc) is 2.60. The second-order valence-corrected chi connectivity index (χ2v) is 6.43. The average molecular weight is 346 g/mol. The number of hydrogen-bond acceptors (Lipinski definition) is 6. The van der Waals surface area contributed by atoms with Crippen molar-refractivity contribution in [3.8, 4) is 0 Å². The van der Waals surface area contributed by atoms with E-state index in [0.29, 0.717) is 30.5 Å². The molecule has 126 valence electrons. The summed E-state index contributed by atoms with van der Waals surface area (Å²) in [6.07, 6.45) is 3.31. The maximum absolute atomic E-state index is 12.4. The second-order valence-electron chi connectivity index (χ2n) is 5.47. The van der Waals surface area contributed by atoms with Crippen LogP contribution in [0.3, 0.4) is 0 Å². The maximum atomic E-state index is 12.4. The lowest BCUT2D eigenvalue weighted by Crippen LogP contribution is -2.43. The number of rotatable bonds is 4. The van der Waals surface area contributed by atoms with E-state index in [0.717, 1.165) is 5.56 Å². The predicted molar refractivity (Wildman–Crippen MR) is 89.8 cm³/mol. The van der Waals surface area contributed by atoms with E-state index in [1.165, 1.54) is 17.8 Å². The first-order valence-corrected chi connectivity index (χ1v) is 8.60. The zero-order valence-electron chi connectivity index (χ0n) is 13.3. The first-order chi connectivity index (χ1) is 11.6. The number of thioether (sulfide) groups is 1. The van der Waals surface area contributed by atoms with Gasteiger partial charge in [-0.25, -0.2) is 4.98 Å². The molecule has 1 fully saturated rings. The molecule has 0 spiro atoms. The van der Waals surface area contributed by atoms with Gasteiger partial charge in [0.15, 0.2) is 5.16 Å². The van der Waals surface area contributed by atoms with Gasteiger partial charge in [-0.2, -0.15) is 0 Å². The van der Waals surface area contributed by atoms with Gasteiger partial charge in [0.1, 0.15) is 6.10 Å². The van der Waals surface area contributed by atoms with Gasteiger partial charge in [-0.15, -0.1) is 0 Å².